The number of nitrogens with one attached hydrogen (secondary N) is 2. The van der Waals surface area contributed by atoms with Crippen molar-refractivity contribution >= 4 is 11.7 Å². The van der Waals surface area contributed by atoms with Crippen molar-refractivity contribution in [3.63, 3.8) is 0 Å². The molecule has 1 aromatic carbocycles. The standard InChI is InChI=1S/C19H20N4O2/c1-12(22-19(25)18-9-15(10-20-18)14(3)24)17-11-21-23(13(17)2)16-7-5-4-6-8-16/h4-12,20H,1-3H3,(H,22,25). The summed E-state index contributed by atoms with van der Waals surface area (Å²) >= 11 is 0. The average molecular weight is 336 g/mol. The first kappa shape index (κ1) is 16.7. The number of benzene rings is 1. The molecule has 3 rings (SSSR count). The summed E-state index contributed by atoms with van der Waals surface area (Å²) in [6.07, 6.45) is 3.31. The van der Waals surface area contributed by atoms with Gasteiger partial charge in [0.1, 0.15) is 5.69 Å². The third-order valence-electron chi connectivity index (χ3n) is 4.20. The van der Waals surface area contributed by atoms with Crippen LogP contribution in [0.3, 0.4) is 0 Å². The molecule has 2 aromatic heterocycles. The van der Waals surface area contributed by atoms with E-state index < -0.39 is 0 Å². The second-order valence-corrected chi connectivity index (χ2v) is 5.99. The van der Waals surface area contributed by atoms with Crippen LogP contribution in [0.4, 0.5) is 0 Å². The fourth-order valence-electron chi connectivity index (χ4n) is 2.76. The number of rotatable bonds is 5. The van der Waals surface area contributed by atoms with Crippen molar-refractivity contribution in [2.24, 2.45) is 0 Å². The van der Waals surface area contributed by atoms with Crippen LogP contribution in [0.2, 0.25) is 0 Å². The Morgan fingerprint density at radius 3 is 2.60 bits per heavy atom. The van der Waals surface area contributed by atoms with Gasteiger partial charge in [-0.3, -0.25) is 9.59 Å². The Bertz CT molecular complexity index is 909. The molecule has 1 unspecified atom stereocenters. The second-order valence-electron chi connectivity index (χ2n) is 5.99. The lowest BCUT2D eigenvalue weighted by Crippen LogP contribution is -2.27. The monoisotopic (exact) mass is 336 g/mol. The predicted molar refractivity (Wildman–Crippen MR) is 95.0 cm³/mol. The molecule has 2 heterocycles. The summed E-state index contributed by atoms with van der Waals surface area (Å²) in [5.41, 5.74) is 3.74. The number of Topliss-reactive ketones (excluding diaryl/α,β-unsaturated/α-hetero) is 1. The molecule has 2 N–H and O–H groups in total. The van der Waals surface area contributed by atoms with Crippen molar-refractivity contribution in [3.05, 3.63) is 71.3 Å². The number of aromatic nitrogens is 3. The van der Waals surface area contributed by atoms with Gasteiger partial charge in [-0.15, -0.1) is 0 Å². The Morgan fingerprint density at radius 2 is 1.96 bits per heavy atom. The normalized spacial score (nSPS) is 12.0. The molecular formula is C19H20N4O2. The molecule has 128 valence electrons. The number of H-pyrrole nitrogens is 1. The summed E-state index contributed by atoms with van der Waals surface area (Å²) in [6.45, 7) is 5.35. The molecule has 0 aliphatic carbocycles. The minimum absolute atomic E-state index is 0.0802. The fourth-order valence-corrected chi connectivity index (χ4v) is 2.76. The fraction of sp³-hybridized carbons (Fsp3) is 0.211. The number of amides is 1. The van der Waals surface area contributed by atoms with Crippen LogP contribution in [0, 0.1) is 6.92 Å². The van der Waals surface area contributed by atoms with Crippen LogP contribution in [0.25, 0.3) is 5.69 Å². The maximum Gasteiger partial charge on any atom is 0.268 e. The number of carbonyl (C=O) groups is 2. The van der Waals surface area contributed by atoms with Crippen LogP contribution < -0.4 is 5.32 Å². The van der Waals surface area contributed by atoms with E-state index in [0.717, 1.165) is 16.9 Å². The number of hydrogen-bond donors (Lipinski definition) is 2. The van der Waals surface area contributed by atoms with E-state index in [1.807, 2.05) is 48.9 Å². The van der Waals surface area contributed by atoms with Crippen LogP contribution in [-0.2, 0) is 0 Å². The van der Waals surface area contributed by atoms with Gasteiger partial charge in [0.25, 0.3) is 5.91 Å². The quantitative estimate of drug-likeness (QED) is 0.702. The molecule has 0 spiro atoms. The van der Waals surface area contributed by atoms with E-state index in [2.05, 4.69) is 15.4 Å². The zero-order valence-corrected chi connectivity index (χ0v) is 14.4. The van der Waals surface area contributed by atoms with Crippen molar-refractivity contribution in [2.45, 2.75) is 26.8 Å². The second kappa shape index (κ2) is 6.76. The lowest BCUT2D eigenvalue weighted by molar-refractivity contribution is 0.0935. The first-order chi connectivity index (χ1) is 12.0. The van der Waals surface area contributed by atoms with E-state index in [-0.39, 0.29) is 17.7 Å². The Hall–Kier alpha value is -3.15. The Kier molecular flexibility index (Phi) is 4.52. The smallest absolute Gasteiger partial charge is 0.268 e. The summed E-state index contributed by atoms with van der Waals surface area (Å²) in [6, 6.07) is 11.2. The van der Waals surface area contributed by atoms with E-state index in [0.29, 0.717) is 11.3 Å². The van der Waals surface area contributed by atoms with Crippen LogP contribution in [0.5, 0.6) is 0 Å². The lowest BCUT2D eigenvalue weighted by atomic mass is 10.1. The van der Waals surface area contributed by atoms with E-state index in [9.17, 15) is 9.59 Å². The Morgan fingerprint density at radius 1 is 1.24 bits per heavy atom. The maximum atomic E-state index is 12.4. The van der Waals surface area contributed by atoms with Gasteiger partial charge >= 0.3 is 0 Å². The molecule has 25 heavy (non-hydrogen) atoms. The molecule has 0 fully saturated rings. The van der Waals surface area contributed by atoms with Gasteiger partial charge in [-0.1, -0.05) is 18.2 Å². The molecule has 0 radical (unpaired) electrons. The van der Waals surface area contributed by atoms with Crippen LogP contribution in [-0.4, -0.2) is 26.5 Å². The molecule has 1 atom stereocenters. The number of hydrogen-bond acceptors (Lipinski definition) is 3. The van der Waals surface area contributed by atoms with E-state index in [1.165, 1.54) is 6.92 Å². The topological polar surface area (TPSA) is 79.8 Å². The Labute approximate surface area is 145 Å². The number of aromatic amines is 1. The SMILES string of the molecule is CC(=O)c1c[nH]c(C(=O)NC(C)c2cnn(-c3ccccc3)c2C)c1. The highest BCUT2D eigenvalue weighted by Crippen LogP contribution is 2.20. The van der Waals surface area contributed by atoms with Gasteiger partial charge in [0.15, 0.2) is 5.78 Å². The van der Waals surface area contributed by atoms with E-state index in [4.69, 9.17) is 0 Å². The number of para-hydroxylation sites is 1. The first-order valence-corrected chi connectivity index (χ1v) is 8.07. The average Bonchev–Trinajstić information content (AvgIpc) is 3.22. The molecular weight excluding hydrogens is 316 g/mol. The van der Waals surface area contributed by atoms with Gasteiger partial charge in [-0.2, -0.15) is 5.10 Å². The number of ketones is 1. The third-order valence-corrected chi connectivity index (χ3v) is 4.20. The molecule has 6 nitrogen and oxygen atoms in total. The van der Waals surface area contributed by atoms with Gasteiger partial charge < -0.3 is 10.3 Å². The van der Waals surface area contributed by atoms with E-state index >= 15 is 0 Å². The number of nitrogens with zero attached hydrogens (tertiary/aromatic N) is 2. The summed E-state index contributed by atoms with van der Waals surface area (Å²) in [5, 5.41) is 7.36. The number of carbonyl (C=O) groups excluding carboxylic acids is 2. The highest BCUT2D eigenvalue weighted by molar-refractivity contribution is 5.99. The van der Waals surface area contributed by atoms with Gasteiger partial charge in [-0.25, -0.2) is 4.68 Å². The van der Waals surface area contributed by atoms with Crippen molar-refractivity contribution in [3.8, 4) is 5.69 Å². The van der Waals surface area contributed by atoms with Crippen LogP contribution in [0.1, 0.15) is 52.0 Å². The summed E-state index contributed by atoms with van der Waals surface area (Å²) in [4.78, 5) is 26.6. The molecule has 0 bridgehead atoms. The highest BCUT2D eigenvalue weighted by Gasteiger charge is 2.18. The minimum atomic E-state index is -0.258. The van der Waals surface area contributed by atoms with Crippen LogP contribution in [0.15, 0.2) is 48.8 Å². The zero-order valence-electron chi connectivity index (χ0n) is 14.4. The zero-order chi connectivity index (χ0) is 18.0. The molecule has 0 saturated heterocycles. The van der Waals surface area contributed by atoms with Crippen molar-refractivity contribution in [1.82, 2.24) is 20.1 Å². The molecule has 0 aliphatic rings. The molecule has 3 aromatic rings. The van der Waals surface area contributed by atoms with Gasteiger partial charge in [-0.05, 0) is 39.0 Å². The van der Waals surface area contributed by atoms with Crippen LogP contribution >= 0.6 is 0 Å². The van der Waals surface area contributed by atoms with Crippen molar-refractivity contribution in [1.29, 1.82) is 0 Å². The van der Waals surface area contributed by atoms with Crippen molar-refractivity contribution < 1.29 is 9.59 Å². The summed E-state index contributed by atoms with van der Waals surface area (Å²) in [5.74, 6) is -0.338. The van der Waals surface area contributed by atoms with Crippen molar-refractivity contribution in [2.75, 3.05) is 0 Å². The third kappa shape index (κ3) is 3.38. The molecule has 1 amide bonds. The first-order valence-electron chi connectivity index (χ1n) is 8.07. The molecule has 0 aliphatic heterocycles. The maximum absolute atomic E-state index is 12.4. The Balaban J connectivity index is 1.77. The highest BCUT2D eigenvalue weighted by atomic mass is 16.2. The lowest BCUT2D eigenvalue weighted by Gasteiger charge is -2.13. The molecule has 0 saturated carbocycles. The van der Waals surface area contributed by atoms with Gasteiger partial charge in [0.2, 0.25) is 0 Å². The largest absolute Gasteiger partial charge is 0.356 e. The summed E-state index contributed by atoms with van der Waals surface area (Å²) in [7, 11) is 0. The minimum Gasteiger partial charge on any atom is -0.356 e. The molecule has 6 heteroatoms. The predicted octanol–water partition coefficient (Wildman–Crippen LogP) is 3.20. The van der Waals surface area contributed by atoms with Gasteiger partial charge in [0.05, 0.1) is 17.9 Å². The summed E-state index contributed by atoms with van der Waals surface area (Å²) < 4.78 is 1.85. The van der Waals surface area contributed by atoms with Gasteiger partial charge in [0, 0.05) is 23.0 Å². The van der Waals surface area contributed by atoms with E-state index in [1.54, 1.807) is 18.5 Å².